The van der Waals surface area contributed by atoms with Gasteiger partial charge in [-0.05, 0) is 35.9 Å². The van der Waals surface area contributed by atoms with Gasteiger partial charge in [-0.15, -0.1) is 0 Å². The quantitative estimate of drug-likeness (QED) is 0.683. The van der Waals surface area contributed by atoms with Crippen LogP contribution in [0, 0.1) is 0 Å². The molecule has 0 atom stereocenters. The minimum absolute atomic E-state index is 0.416. The highest BCUT2D eigenvalue weighted by Gasteiger charge is 2.08. The van der Waals surface area contributed by atoms with E-state index in [0.717, 1.165) is 5.56 Å². The van der Waals surface area contributed by atoms with Crippen molar-refractivity contribution in [1.29, 1.82) is 0 Å². The Bertz CT molecular complexity index is 552. The number of hydrogen-bond acceptors (Lipinski definition) is 3. The van der Waals surface area contributed by atoms with E-state index in [0.29, 0.717) is 22.9 Å². The van der Waals surface area contributed by atoms with Gasteiger partial charge in [0.05, 0.1) is 5.56 Å². The lowest BCUT2D eigenvalue weighted by Crippen LogP contribution is -2.08. The van der Waals surface area contributed by atoms with Gasteiger partial charge in [-0.1, -0.05) is 29.8 Å². The topological polar surface area (TPSA) is 52.3 Å². The number of halogens is 1. The smallest absolute Gasteiger partial charge is 0.343 e. The van der Waals surface area contributed by atoms with Gasteiger partial charge in [-0.3, -0.25) is 0 Å². The van der Waals surface area contributed by atoms with Crippen LogP contribution in [-0.2, 0) is 6.54 Å². The van der Waals surface area contributed by atoms with Crippen molar-refractivity contribution in [3.05, 3.63) is 64.7 Å². The Morgan fingerprint density at radius 2 is 1.89 bits per heavy atom. The van der Waals surface area contributed by atoms with Crippen molar-refractivity contribution in [3.63, 3.8) is 0 Å². The largest absolute Gasteiger partial charge is 0.423 e. The van der Waals surface area contributed by atoms with E-state index in [1.54, 1.807) is 48.5 Å². The van der Waals surface area contributed by atoms with Crippen LogP contribution in [-0.4, -0.2) is 5.97 Å². The Kier molecular flexibility index (Phi) is 3.97. The van der Waals surface area contributed by atoms with Gasteiger partial charge in [0.1, 0.15) is 5.75 Å². The lowest BCUT2D eigenvalue weighted by Gasteiger charge is -2.05. The summed E-state index contributed by atoms with van der Waals surface area (Å²) in [6.45, 7) is 0.448. The van der Waals surface area contributed by atoms with Gasteiger partial charge in [-0.25, -0.2) is 4.79 Å². The van der Waals surface area contributed by atoms with Crippen LogP contribution in [0.25, 0.3) is 0 Å². The average Bonchev–Trinajstić information content (AvgIpc) is 2.39. The van der Waals surface area contributed by atoms with Crippen molar-refractivity contribution in [2.45, 2.75) is 6.54 Å². The molecule has 18 heavy (non-hydrogen) atoms. The second-order valence-corrected chi connectivity index (χ2v) is 4.18. The van der Waals surface area contributed by atoms with Gasteiger partial charge < -0.3 is 10.5 Å². The summed E-state index contributed by atoms with van der Waals surface area (Å²) in [6.07, 6.45) is 0. The predicted molar refractivity (Wildman–Crippen MR) is 70.7 cm³/mol. The summed E-state index contributed by atoms with van der Waals surface area (Å²) in [5.74, 6) is 0.0104. The van der Waals surface area contributed by atoms with Crippen LogP contribution in [0.1, 0.15) is 15.9 Å². The average molecular weight is 262 g/mol. The maximum Gasteiger partial charge on any atom is 0.343 e. The van der Waals surface area contributed by atoms with E-state index in [9.17, 15) is 4.79 Å². The van der Waals surface area contributed by atoms with E-state index >= 15 is 0 Å². The molecular weight excluding hydrogens is 250 g/mol. The normalized spacial score (nSPS) is 10.1. The summed E-state index contributed by atoms with van der Waals surface area (Å²) in [6, 6.07) is 13.7. The first kappa shape index (κ1) is 12.6. The molecule has 0 saturated heterocycles. The number of rotatable bonds is 3. The van der Waals surface area contributed by atoms with E-state index in [2.05, 4.69) is 0 Å². The molecule has 3 nitrogen and oxygen atoms in total. The van der Waals surface area contributed by atoms with E-state index < -0.39 is 5.97 Å². The van der Waals surface area contributed by atoms with Crippen molar-refractivity contribution in [2.24, 2.45) is 5.73 Å². The second kappa shape index (κ2) is 5.67. The first-order valence-corrected chi connectivity index (χ1v) is 5.83. The summed E-state index contributed by atoms with van der Waals surface area (Å²) in [7, 11) is 0. The number of carbonyl (C=O) groups excluding carboxylic acids is 1. The standard InChI is InChI=1S/C14H12ClNO2/c15-12-2-1-3-13(8-12)18-14(17)11-6-4-10(9-16)5-7-11/h1-8H,9,16H2. The fourth-order valence-electron chi connectivity index (χ4n) is 1.47. The number of hydrogen-bond donors (Lipinski definition) is 1. The first-order chi connectivity index (χ1) is 8.69. The molecule has 0 saturated carbocycles. The van der Waals surface area contributed by atoms with Gasteiger partial charge in [0, 0.05) is 11.6 Å². The minimum atomic E-state index is -0.416. The van der Waals surface area contributed by atoms with Crippen molar-refractivity contribution >= 4 is 17.6 Å². The maximum absolute atomic E-state index is 11.8. The lowest BCUT2D eigenvalue weighted by atomic mass is 10.1. The monoisotopic (exact) mass is 261 g/mol. The number of esters is 1. The highest BCUT2D eigenvalue weighted by atomic mass is 35.5. The molecule has 92 valence electrons. The summed E-state index contributed by atoms with van der Waals surface area (Å²) in [4.78, 5) is 11.8. The fourth-order valence-corrected chi connectivity index (χ4v) is 1.65. The molecule has 0 heterocycles. The molecule has 0 fully saturated rings. The Morgan fingerprint density at radius 3 is 2.50 bits per heavy atom. The molecule has 0 aromatic heterocycles. The Hall–Kier alpha value is -1.84. The van der Waals surface area contributed by atoms with E-state index in [4.69, 9.17) is 22.1 Å². The first-order valence-electron chi connectivity index (χ1n) is 5.46. The molecule has 0 bridgehead atoms. The number of ether oxygens (including phenoxy) is 1. The summed E-state index contributed by atoms with van der Waals surface area (Å²) in [5, 5.41) is 0.527. The molecule has 0 aliphatic carbocycles. The van der Waals surface area contributed by atoms with Crippen molar-refractivity contribution in [2.75, 3.05) is 0 Å². The third kappa shape index (κ3) is 3.09. The molecule has 2 aromatic rings. The third-order valence-corrected chi connectivity index (χ3v) is 2.67. The molecule has 4 heteroatoms. The number of benzene rings is 2. The molecule has 0 aliphatic heterocycles. The zero-order valence-corrected chi connectivity index (χ0v) is 10.4. The number of nitrogens with two attached hydrogens (primary N) is 1. The van der Waals surface area contributed by atoms with Gasteiger partial charge in [0.25, 0.3) is 0 Å². The predicted octanol–water partition coefficient (Wildman–Crippen LogP) is 3.02. The maximum atomic E-state index is 11.8. The summed E-state index contributed by atoms with van der Waals surface area (Å²) < 4.78 is 5.20. The van der Waals surface area contributed by atoms with E-state index in [1.165, 1.54) is 0 Å². The van der Waals surface area contributed by atoms with Crippen LogP contribution >= 0.6 is 11.6 Å². The van der Waals surface area contributed by atoms with Crippen LogP contribution in [0.4, 0.5) is 0 Å². The van der Waals surface area contributed by atoms with Crippen LogP contribution in [0.15, 0.2) is 48.5 Å². The molecule has 0 spiro atoms. The Labute approximate surface area is 110 Å². The zero-order valence-electron chi connectivity index (χ0n) is 9.60. The van der Waals surface area contributed by atoms with Gasteiger partial charge in [-0.2, -0.15) is 0 Å². The van der Waals surface area contributed by atoms with E-state index in [1.807, 2.05) is 0 Å². The second-order valence-electron chi connectivity index (χ2n) is 3.75. The zero-order chi connectivity index (χ0) is 13.0. The molecule has 0 unspecified atom stereocenters. The highest BCUT2D eigenvalue weighted by Crippen LogP contribution is 2.18. The Morgan fingerprint density at radius 1 is 1.17 bits per heavy atom. The molecule has 2 aromatic carbocycles. The van der Waals surface area contributed by atoms with Crippen LogP contribution in [0.5, 0.6) is 5.75 Å². The van der Waals surface area contributed by atoms with Gasteiger partial charge in [0.15, 0.2) is 0 Å². The fraction of sp³-hybridized carbons (Fsp3) is 0.0714. The minimum Gasteiger partial charge on any atom is -0.423 e. The van der Waals surface area contributed by atoms with Crippen molar-refractivity contribution < 1.29 is 9.53 Å². The molecule has 0 radical (unpaired) electrons. The van der Waals surface area contributed by atoms with Crippen LogP contribution in [0.3, 0.4) is 0 Å². The lowest BCUT2D eigenvalue weighted by molar-refractivity contribution is 0.0735. The molecule has 0 aliphatic rings. The highest BCUT2D eigenvalue weighted by molar-refractivity contribution is 6.30. The van der Waals surface area contributed by atoms with Crippen LogP contribution in [0.2, 0.25) is 5.02 Å². The summed E-state index contributed by atoms with van der Waals surface area (Å²) >= 11 is 5.81. The SMILES string of the molecule is NCc1ccc(C(=O)Oc2cccc(Cl)c2)cc1. The Balaban J connectivity index is 2.11. The van der Waals surface area contributed by atoms with Crippen LogP contribution < -0.4 is 10.5 Å². The molecule has 0 amide bonds. The van der Waals surface area contributed by atoms with E-state index in [-0.39, 0.29) is 0 Å². The molecular formula is C14H12ClNO2. The molecule has 2 N–H and O–H groups in total. The third-order valence-electron chi connectivity index (χ3n) is 2.43. The summed E-state index contributed by atoms with van der Waals surface area (Å²) in [5.41, 5.74) is 6.93. The number of carbonyl (C=O) groups is 1. The van der Waals surface area contributed by atoms with Gasteiger partial charge >= 0.3 is 5.97 Å². The van der Waals surface area contributed by atoms with Crippen molar-refractivity contribution in [3.8, 4) is 5.75 Å². The molecule has 2 rings (SSSR count). The van der Waals surface area contributed by atoms with Gasteiger partial charge in [0.2, 0.25) is 0 Å². The van der Waals surface area contributed by atoms with Crippen molar-refractivity contribution in [1.82, 2.24) is 0 Å².